The van der Waals surface area contributed by atoms with Crippen LogP contribution in [-0.2, 0) is 0 Å². The van der Waals surface area contributed by atoms with Crippen LogP contribution >= 0.6 is 0 Å². The van der Waals surface area contributed by atoms with Crippen LogP contribution in [0.3, 0.4) is 0 Å². The van der Waals surface area contributed by atoms with Gasteiger partial charge in [-0.1, -0.05) is 165 Å². The van der Waals surface area contributed by atoms with Gasteiger partial charge in [0.25, 0.3) is 0 Å². The fraction of sp³-hybridized carbons (Fsp3) is 0.800. The summed E-state index contributed by atoms with van der Waals surface area (Å²) in [5.74, 6) is 0. The molecule has 0 radical (unpaired) electrons. The molecule has 1 aliphatic carbocycles. The number of hydrogen-bond acceptors (Lipinski definition) is 0. The second-order valence-electron chi connectivity index (χ2n) is 9.60. The molecule has 0 unspecified atom stereocenters. The first kappa shape index (κ1) is 27.3. The van der Waals surface area contributed by atoms with Crippen molar-refractivity contribution in [2.45, 2.75) is 154 Å². The second-order valence-corrected chi connectivity index (χ2v) is 9.60. The fourth-order valence-corrected chi connectivity index (χ4v) is 4.54. The number of allylic oxidation sites excluding steroid dienone is 6. The zero-order valence-electron chi connectivity index (χ0n) is 20.4. The molecular formula is C30H54. The Labute approximate surface area is 190 Å². The molecule has 0 fully saturated rings. The van der Waals surface area contributed by atoms with E-state index in [0.717, 1.165) is 0 Å². The second kappa shape index (κ2) is 24.5. The predicted octanol–water partition coefficient (Wildman–Crippen LogP) is 11.0. The molecule has 0 saturated carbocycles. The van der Waals surface area contributed by atoms with Crippen molar-refractivity contribution in [1.82, 2.24) is 0 Å². The van der Waals surface area contributed by atoms with Crippen LogP contribution in [0.5, 0.6) is 0 Å². The summed E-state index contributed by atoms with van der Waals surface area (Å²) >= 11 is 0. The van der Waals surface area contributed by atoms with Gasteiger partial charge in [-0.25, -0.2) is 0 Å². The third kappa shape index (κ3) is 21.9. The molecule has 0 aromatic carbocycles. The Morgan fingerprint density at radius 3 is 0.633 bits per heavy atom. The van der Waals surface area contributed by atoms with Crippen molar-refractivity contribution in [3.8, 4) is 0 Å². The first-order chi connectivity index (χ1) is 15.0. The Morgan fingerprint density at radius 2 is 0.400 bits per heavy atom. The summed E-state index contributed by atoms with van der Waals surface area (Å²) in [6.07, 6.45) is 48.0. The highest BCUT2D eigenvalue weighted by atomic mass is 14.0. The van der Waals surface area contributed by atoms with E-state index in [0.29, 0.717) is 0 Å². The highest BCUT2D eigenvalue weighted by Crippen LogP contribution is 2.15. The highest BCUT2D eigenvalue weighted by Gasteiger charge is 1.96. The molecular weight excluding hydrogens is 360 g/mol. The molecule has 0 spiro atoms. The maximum atomic E-state index is 2.34. The van der Waals surface area contributed by atoms with Gasteiger partial charge >= 0.3 is 0 Å². The van der Waals surface area contributed by atoms with E-state index >= 15 is 0 Å². The lowest BCUT2D eigenvalue weighted by molar-refractivity contribution is 0.518. The topological polar surface area (TPSA) is 0 Å². The van der Waals surface area contributed by atoms with Crippen LogP contribution in [-0.4, -0.2) is 0 Å². The summed E-state index contributed by atoms with van der Waals surface area (Å²) < 4.78 is 0. The highest BCUT2D eigenvalue weighted by molar-refractivity contribution is 5.10. The normalized spacial score (nSPS) is 24.5. The molecule has 0 saturated heterocycles. The van der Waals surface area contributed by atoms with Crippen LogP contribution in [0.1, 0.15) is 154 Å². The quantitative estimate of drug-likeness (QED) is 0.369. The summed E-state index contributed by atoms with van der Waals surface area (Å²) in [4.78, 5) is 0. The first-order valence-electron chi connectivity index (χ1n) is 14.0. The Kier molecular flexibility index (Phi) is 22.2. The molecule has 1 aliphatic rings. The van der Waals surface area contributed by atoms with Crippen molar-refractivity contribution in [2.24, 2.45) is 0 Å². The van der Waals surface area contributed by atoms with Crippen molar-refractivity contribution in [2.75, 3.05) is 0 Å². The van der Waals surface area contributed by atoms with Gasteiger partial charge in [0.05, 0.1) is 0 Å². The monoisotopic (exact) mass is 414 g/mol. The van der Waals surface area contributed by atoms with Crippen molar-refractivity contribution < 1.29 is 0 Å². The number of hydrogen-bond donors (Lipinski definition) is 0. The van der Waals surface area contributed by atoms with Crippen molar-refractivity contribution in [3.63, 3.8) is 0 Å². The van der Waals surface area contributed by atoms with E-state index in [1.54, 1.807) is 0 Å². The fourth-order valence-electron chi connectivity index (χ4n) is 4.54. The van der Waals surface area contributed by atoms with E-state index in [1.165, 1.54) is 154 Å². The van der Waals surface area contributed by atoms with Crippen LogP contribution < -0.4 is 0 Å². The molecule has 0 nitrogen and oxygen atoms in total. The van der Waals surface area contributed by atoms with Gasteiger partial charge < -0.3 is 0 Å². The molecule has 0 amide bonds. The maximum Gasteiger partial charge on any atom is -0.0348 e. The van der Waals surface area contributed by atoms with E-state index in [9.17, 15) is 0 Å². The maximum absolute atomic E-state index is 2.34. The van der Waals surface area contributed by atoms with Crippen molar-refractivity contribution in [3.05, 3.63) is 36.5 Å². The lowest BCUT2D eigenvalue weighted by atomic mass is 10.0. The molecule has 0 heteroatoms. The average Bonchev–Trinajstić information content (AvgIpc) is 2.76. The van der Waals surface area contributed by atoms with E-state index in [1.807, 2.05) is 0 Å². The SMILES string of the molecule is C1=CCCCCCCCCCCCCCCCCCCCCCCCC/C=C\C=C/1. The molecule has 0 aromatic heterocycles. The van der Waals surface area contributed by atoms with Gasteiger partial charge in [-0.3, -0.25) is 0 Å². The molecule has 0 aromatic rings. The largest absolute Gasteiger partial charge is 0.0845 e. The first-order valence-corrected chi connectivity index (χ1v) is 14.0. The van der Waals surface area contributed by atoms with E-state index in [-0.39, 0.29) is 0 Å². The van der Waals surface area contributed by atoms with Gasteiger partial charge in [0.1, 0.15) is 0 Å². The summed E-state index contributed by atoms with van der Waals surface area (Å²) in [6.45, 7) is 0. The third-order valence-corrected chi connectivity index (χ3v) is 6.60. The molecule has 1 rings (SSSR count). The van der Waals surface area contributed by atoms with Gasteiger partial charge in [0, 0.05) is 0 Å². The summed E-state index contributed by atoms with van der Waals surface area (Å²) in [5, 5.41) is 0. The van der Waals surface area contributed by atoms with E-state index < -0.39 is 0 Å². The van der Waals surface area contributed by atoms with Gasteiger partial charge in [-0.15, -0.1) is 0 Å². The standard InChI is InChI=1S/C30H54/c1-2-4-6-8-10-12-14-16-18-20-22-24-26-28-30-29-27-25-23-21-19-17-15-13-11-9-7-5-3-1/h1-6H,7-30H2/b2-1-,5-3-,6-4?. The van der Waals surface area contributed by atoms with Gasteiger partial charge in [-0.2, -0.15) is 0 Å². The Hall–Kier alpha value is -0.780. The lowest BCUT2D eigenvalue weighted by Crippen LogP contribution is -1.84. The summed E-state index contributed by atoms with van der Waals surface area (Å²) in [5.41, 5.74) is 0. The minimum Gasteiger partial charge on any atom is -0.0845 e. The minimum atomic E-state index is 1.24. The van der Waals surface area contributed by atoms with Gasteiger partial charge in [0.2, 0.25) is 0 Å². The van der Waals surface area contributed by atoms with Crippen molar-refractivity contribution >= 4 is 0 Å². The zero-order chi connectivity index (χ0) is 21.2. The molecule has 174 valence electrons. The average molecular weight is 415 g/mol. The summed E-state index contributed by atoms with van der Waals surface area (Å²) in [6, 6.07) is 0. The van der Waals surface area contributed by atoms with Crippen LogP contribution in [0.4, 0.5) is 0 Å². The summed E-state index contributed by atoms with van der Waals surface area (Å²) in [7, 11) is 0. The van der Waals surface area contributed by atoms with Crippen LogP contribution in [0.2, 0.25) is 0 Å². The third-order valence-electron chi connectivity index (χ3n) is 6.60. The molecule has 0 N–H and O–H groups in total. The minimum absolute atomic E-state index is 1.24. The Bertz CT molecular complexity index is 362. The van der Waals surface area contributed by atoms with E-state index in [4.69, 9.17) is 0 Å². The molecule has 30 heavy (non-hydrogen) atoms. The molecule has 0 atom stereocenters. The molecule has 0 heterocycles. The van der Waals surface area contributed by atoms with Crippen LogP contribution in [0.15, 0.2) is 36.5 Å². The number of rotatable bonds is 0. The van der Waals surface area contributed by atoms with Gasteiger partial charge in [-0.05, 0) is 25.7 Å². The van der Waals surface area contributed by atoms with Gasteiger partial charge in [0.15, 0.2) is 0 Å². The van der Waals surface area contributed by atoms with E-state index in [2.05, 4.69) is 36.5 Å². The Morgan fingerprint density at radius 1 is 0.200 bits per heavy atom. The Balaban J connectivity index is 2.11. The van der Waals surface area contributed by atoms with Crippen LogP contribution in [0, 0.1) is 0 Å². The lowest BCUT2D eigenvalue weighted by Gasteiger charge is -2.04. The molecule has 0 aliphatic heterocycles. The molecule has 0 bridgehead atoms. The zero-order valence-corrected chi connectivity index (χ0v) is 20.4. The van der Waals surface area contributed by atoms with Crippen LogP contribution in [0.25, 0.3) is 0 Å². The predicted molar refractivity (Wildman–Crippen MR) is 138 cm³/mol. The van der Waals surface area contributed by atoms with Crippen molar-refractivity contribution in [1.29, 1.82) is 0 Å². The smallest absolute Gasteiger partial charge is 0.0348 e.